The molecule has 0 aliphatic heterocycles. The van der Waals surface area contributed by atoms with Crippen LogP contribution in [0.15, 0.2) is 79.1 Å². The van der Waals surface area contributed by atoms with Gasteiger partial charge in [0.1, 0.15) is 12.1 Å². The molecule has 0 spiro atoms. The highest BCUT2D eigenvalue weighted by atomic mass is 35.5. The molecule has 0 bridgehead atoms. The van der Waals surface area contributed by atoms with Crippen LogP contribution >= 0.6 is 11.6 Å². The molecule has 4 rings (SSSR count). The summed E-state index contributed by atoms with van der Waals surface area (Å²) in [5.41, 5.74) is 2.64. The summed E-state index contributed by atoms with van der Waals surface area (Å²) in [4.78, 5) is 24.6. The number of esters is 1. The Balaban J connectivity index is 1.48. The lowest BCUT2D eigenvalue weighted by atomic mass is 10.1. The molecule has 11 heteroatoms. The van der Waals surface area contributed by atoms with Crippen molar-refractivity contribution in [3.8, 4) is 5.69 Å². The lowest BCUT2D eigenvalue weighted by Crippen LogP contribution is -2.40. The third-order valence-electron chi connectivity index (χ3n) is 5.60. The minimum atomic E-state index is -0.752. The maximum atomic E-state index is 14.4. The Labute approximate surface area is 223 Å². The average Bonchev–Trinajstić information content (AvgIpc) is 3.46. The molecule has 0 radical (unpaired) electrons. The van der Waals surface area contributed by atoms with E-state index in [1.165, 1.54) is 36.3 Å². The molecule has 1 aromatic heterocycles. The molecule has 0 saturated heterocycles. The Kier molecular flexibility index (Phi) is 8.78. The Morgan fingerprint density at radius 3 is 2.66 bits per heavy atom. The second-order valence-electron chi connectivity index (χ2n) is 8.25. The lowest BCUT2D eigenvalue weighted by Gasteiger charge is -2.20. The number of carbonyl (C=O) groups excluding carboxylic acids is 2. The number of methoxy groups -OCH3 is 1. The number of amides is 1. The molecule has 1 unspecified atom stereocenters. The zero-order valence-electron chi connectivity index (χ0n) is 20.3. The highest BCUT2D eigenvalue weighted by molar-refractivity contribution is 6.30. The summed E-state index contributed by atoms with van der Waals surface area (Å²) < 4.78 is 20.4. The minimum Gasteiger partial charge on any atom is -0.465 e. The van der Waals surface area contributed by atoms with Crippen LogP contribution in [0.25, 0.3) is 11.8 Å². The van der Waals surface area contributed by atoms with Crippen molar-refractivity contribution < 1.29 is 18.7 Å². The second kappa shape index (κ2) is 12.6. The number of halogens is 2. The number of rotatable bonds is 10. The first kappa shape index (κ1) is 26.5. The highest BCUT2D eigenvalue weighted by Gasteiger charge is 2.15. The van der Waals surface area contributed by atoms with Crippen molar-refractivity contribution in [2.75, 3.05) is 19.0 Å². The Bertz CT molecular complexity index is 1430. The van der Waals surface area contributed by atoms with Gasteiger partial charge < -0.3 is 15.4 Å². The van der Waals surface area contributed by atoms with E-state index in [0.717, 1.165) is 5.56 Å². The van der Waals surface area contributed by atoms with Gasteiger partial charge in [-0.15, -0.1) is 5.10 Å². The molecule has 1 amide bonds. The maximum absolute atomic E-state index is 14.4. The summed E-state index contributed by atoms with van der Waals surface area (Å²) in [6.07, 6.45) is 5.01. The first-order valence-corrected chi connectivity index (χ1v) is 12.0. The normalized spacial score (nSPS) is 11.8. The quantitative estimate of drug-likeness (QED) is 0.233. The predicted octanol–water partition coefficient (Wildman–Crippen LogP) is 4.09. The molecule has 9 nitrogen and oxygen atoms in total. The molecule has 2 N–H and O–H groups in total. The number of benzene rings is 3. The monoisotopic (exact) mass is 534 g/mol. The van der Waals surface area contributed by atoms with Crippen LogP contribution in [0.5, 0.6) is 0 Å². The Hall–Kier alpha value is -4.57. The van der Waals surface area contributed by atoms with Crippen molar-refractivity contribution in [1.82, 2.24) is 25.5 Å². The number of nitrogens with zero attached hydrogens (tertiary/aromatic N) is 4. The third-order valence-corrected chi connectivity index (χ3v) is 5.83. The zero-order chi connectivity index (χ0) is 26.9. The van der Waals surface area contributed by atoms with Gasteiger partial charge in [0.2, 0.25) is 5.91 Å². The number of hydrogen-bond acceptors (Lipinski definition) is 7. The van der Waals surface area contributed by atoms with Gasteiger partial charge in [-0.1, -0.05) is 41.9 Å². The summed E-state index contributed by atoms with van der Waals surface area (Å²) in [6, 6.07) is 18.7. The van der Waals surface area contributed by atoms with Crippen molar-refractivity contribution in [3.63, 3.8) is 0 Å². The van der Waals surface area contributed by atoms with Gasteiger partial charge in [0.15, 0.2) is 0 Å². The van der Waals surface area contributed by atoms with E-state index in [1.807, 2.05) is 30.3 Å². The molecule has 0 aliphatic rings. The lowest BCUT2D eigenvalue weighted by molar-refractivity contribution is -0.117. The van der Waals surface area contributed by atoms with E-state index in [0.29, 0.717) is 34.9 Å². The van der Waals surface area contributed by atoms with E-state index < -0.39 is 11.8 Å². The molecule has 3 aromatic carbocycles. The van der Waals surface area contributed by atoms with Crippen LogP contribution in [0.2, 0.25) is 5.02 Å². The van der Waals surface area contributed by atoms with Crippen molar-refractivity contribution in [1.29, 1.82) is 0 Å². The number of carbonyl (C=O) groups is 2. The average molecular weight is 535 g/mol. The molecule has 0 fully saturated rings. The van der Waals surface area contributed by atoms with Gasteiger partial charge in [0, 0.05) is 28.9 Å². The van der Waals surface area contributed by atoms with E-state index in [9.17, 15) is 14.0 Å². The van der Waals surface area contributed by atoms with Crippen molar-refractivity contribution in [3.05, 3.63) is 107 Å². The summed E-state index contributed by atoms with van der Waals surface area (Å²) in [7, 11) is 1.19. The Morgan fingerprint density at radius 1 is 1.13 bits per heavy atom. The summed E-state index contributed by atoms with van der Waals surface area (Å²) in [5.74, 6) is -1.78. The fourth-order valence-corrected chi connectivity index (χ4v) is 3.95. The van der Waals surface area contributed by atoms with Gasteiger partial charge in [-0.2, -0.15) is 4.68 Å². The van der Waals surface area contributed by atoms with Gasteiger partial charge in [-0.25, -0.2) is 9.18 Å². The van der Waals surface area contributed by atoms with Crippen LogP contribution in [0, 0.1) is 5.82 Å². The molecule has 38 heavy (non-hydrogen) atoms. The predicted molar refractivity (Wildman–Crippen MR) is 142 cm³/mol. The van der Waals surface area contributed by atoms with Gasteiger partial charge in [-0.3, -0.25) is 4.79 Å². The van der Waals surface area contributed by atoms with E-state index in [-0.39, 0.29) is 17.5 Å². The van der Waals surface area contributed by atoms with Crippen LogP contribution in [0.4, 0.5) is 10.1 Å². The second-order valence-corrected chi connectivity index (χ2v) is 8.69. The van der Waals surface area contributed by atoms with Gasteiger partial charge >= 0.3 is 5.97 Å². The highest BCUT2D eigenvalue weighted by Crippen LogP contribution is 2.20. The van der Waals surface area contributed by atoms with E-state index in [2.05, 4.69) is 30.9 Å². The summed E-state index contributed by atoms with van der Waals surface area (Å²) in [6.45, 7) is 0.304. The fourth-order valence-electron chi connectivity index (χ4n) is 3.77. The zero-order valence-corrected chi connectivity index (χ0v) is 21.1. The number of hydrogen-bond donors (Lipinski definition) is 2. The van der Waals surface area contributed by atoms with Gasteiger partial charge in [-0.05, 0) is 64.9 Å². The van der Waals surface area contributed by atoms with Crippen LogP contribution < -0.4 is 10.6 Å². The number of ether oxygens (including phenoxy) is 1. The SMILES string of the molecule is COC(=O)c1ccc(NCC(Cc2ccccc2)NC(=O)C=Cc2cc(Cl)ccc2-n2cnnn2)cc1F. The fraction of sp³-hybridized carbons (Fsp3) is 0.148. The molecule has 1 atom stereocenters. The first-order valence-electron chi connectivity index (χ1n) is 11.6. The van der Waals surface area contributed by atoms with E-state index in [1.54, 1.807) is 30.3 Å². The summed E-state index contributed by atoms with van der Waals surface area (Å²) in [5, 5.41) is 17.8. The smallest absolute Gasteiger partial charge is 0.340 e. The van der Waals surface area contributed by atoms with Crippen molar-refractivity contribution in [2.24, 2.45) is 0 Å². The number of tetrazole rings is 1. The van der Waals surface area contributed by atoms with Crippen LogP contribution in [-0.4, -0.2) is 51.8 Å². The molecule has 0 saturated carbocycles. The molecule has 1 heterocycles. The van der Waals surface area contributed by atoms with E-state index >= 15 is 0 Å². The van der Waals surface area contributed by atoms with Crippen LogP contribution in [0.3, 0.4) is 0 Å². The van der Waals surface area contributed by atoms with Crippen molar-refractivity contribution >= 4 is 35.2 Å². The first-order chi connectivity index (χ1) is 18.4. The number of aromatic nitrogens is 4. The molecule has 194 valence electrons. The topological polar surface area (TPSA) is 111 Å². The number of nitrogens with one attached hydrogen (secondary N) is 2. The van der Waals surface area contributed by atoms with Gasteiger partial charge in [0.05, 0.1) is 24.4 Å². The number of anilines is 1. The van der Waals surface area contributed by atoms with Crippen LogP contribution in [-0.2, 0) is 16.0 Å². The molecule has 4 aromatic rings. The minimum absolute atomic E-state index is 0.153. The van der Waals surface area contributed by atoms with E-state index in [4.69, 9.17) is 11.6 Å². The summed E-state index contributed by atoms with van der Waals surface area (Å²) >= 11 is 6.16. The maximum Gasteiger partial charge on any atom is 0.340 e. The van der Waals surface area contributed by atoms with Crippen molar-refractivity contribution in [2.45, 2.75) is 12.5 Å². The standard InChI is InChI=1S/C27H24ClFN6O3/c1-38-27(37)23-10-9-21(15-24(23)29)30-16-22(13-18-5-3-2-4-6-18)32-26(36)12-7-19-14-20(28)8-11-25(19)35-17-31-33-34-35/h2-12,14-15,17,22,30H,13,16H2,1H3,(H,32,36). The third kappa shape index (κ3) is 7.01. The molecular weight excluding hydrogens is 511 g/mol. The Morgan fingerprint density at radius 2 is 1.95 bits per heavy atom. The molecular formula is C27H24ClFN6O3. The van der Waals surface area contributed by atoms with Gasteiger partial charge in [0.25, 0.3) is 0 Å². The largest absolute Gasteiger partial charge is 0.465 e. The van der Waals surface area contributed by atoms with Crippen LogP contribution in [0.1, 0.15) is 21.5 Å². The molecule has 0 aliphatic carbocycles.